The Labute approximate surface area is 128 Å². The maximum atomic E-state index is 13.2. The second kappa shape index (κ2) is 7.17. The number of thiazole rings is 1. The molecule has 0 saturated carbocycles. The molecule has 0 spiro atoms. The average molecular weight is 306 g/mol. The molecular formula is C15H19FN4S. The zero-order valence-corrected chi connectivity index (χ0v) is 13.2. The van der Waals surface area contributed by atoms with Gasteiger partial charge in [0.15, 0.2) is 5.96 Å². The molecule has 0 atom stereocenters. The van der Waals surface area contributed by atoms with Crippen LogP contribution in [0.15, 0.2) is 28.7 Å². The monoisotopic (exact) mass is 306 g/mol. The summed E-state index contributed by atoms with van der Waals surface area (Å²) >= 11 is 1.62. The third kappa shape index (κ3) is 4.26. The molecule has 0 aliphatic rings. The lowest BCUT2D eigenvalue weighted by atomic mass is 10.1. The first-order chi connectivity index (χ1) is 10.1. The number of rotatable bonds is 4. The fraction of sp³-hybridized carbons (Fsp3) is 0.333. The predicted molar refractivity (Wildman–Crippen MR) is 85.0 cm³/mol. The summed E-state index contributed by atoms with van der Waals surface area (Å²) in [4.78, 5) is 9.58. The van der Waals surface area contributed by atoms with Crippen molar-refractivity contribution in [1.29, 1.82) is 0 Å². The molecule has 2 rings (SSSR count). The van der Waals surface area contributed by atoms with E-state index in [9.17, 15) is 4.39 Å². The molecule has 112 valence electrons. The number of nitrogens with zero attached hydrogens (tertiary/aromatic N) is 2. The molecule has 0 saturated heterocycles. The van der Waals surface area contributed by atoms with Crippen LogP contribution in [0.2, 0.25) is 0 Å². The Morgan fingerprint density at radius 3 is 2.67 bits per heavy atom. The van der Waals surface area contributed by atoms with E-state index in [2.05, 4.69) is 20.6 Å². The lowest BCUT2D eigenvalue weighted by Gasteiger charge is -2.12. The van der Waals surface area contributed by atoms with Crippen molar-refractivity contribution in [3.63, 3.8) is 0 Å². The molecule has 0 amide bonds. The minimum atomic E-state index is -0.179. The average Bonchev–Trinajstić information content (AvgIpc) is 2.88. The van der Waals surface area contributed by atoms with Crippen LogP contribution in [0.5, 0.6) is 0 Å². The van der Waals surface area contributed by atoms with Crippen molar-refractivity contribution in [2.75, 3.05) is 7.05 Å². The van der Waals surface area contributed by atoms with Gasteiger partial charge in [-0.15, -0.1) is 11.3 Å². The van der Waals surface area contributed by atoms with Crippen LogP contribution >= 0.6 is 11.3 Å². The number of hydrogen-bond acceptors (Lipinski definition) is 3. The maximum Gasteiger partial charge on any atom is 0.191 e. The van der Waals surface area contributed by atoms with Gasteiger partial charge in [-0.05, 0) is 31.0 Å². The topological polar surface area (TPSA) is 49.3 Å². The number of nitrogens with one attached hydrogen (secondary N) is 2. The second-order valence-corrected chi connectivity index (χ2v) is 5.66. The molecule has 4 nitrogen and oxygen atoms in total. The van der Waals surface area contributed by atoms with Crippen molar-refractivity contribution in [1.82, 2.24) is 15.6 Å². The predicted octanol–water partition coefficient (Wildman–Crippen LogP) is 2.76. The van der Waals surface area contributed by atoms with Gasteiger partial charge in [-0.25, -0.2) is 9.37 Å². The number of benzene rings is 1. The largest absolute Gasteiger partial charge is 0.352 e. The van der Waals surface area contributed by atoms with Gasteiger partial charge in [-0.2, -0.15) is 0 Å². The minimum Gasteiger partial charge on any atom is -0.352 e. The van der Waals surface area contributed by atoms with Gasteiger partial charge in [0.2, 0.25) is 0 Å². The molecule has 0 fully saturated rings. The zero-order chi connectivity index (χ0) is 15.2. The molecule has 0 bridgehead atoms. The van der Waals surface area contributed by atoms with Crippen molar-refractivity contribution in [3.8, 4) is 0 Å². The van der Waals surface area contributed by atoms with Crippen LogP contribution in [0.4, 0.5) is 4.39 Å². The molecule has 1 aromatic carbocycles. The smallest absolute Gasteiger partial charge is 0.191 e. The number of hydrogen-bond donors (Lipinski definition) is 2. The summed E-state index contributed by atoms with van der Waals surface area (Å²) in [6, 6.07) is 5.10. The molecule has 0 aliphatic carbocycles. The van der Waals surface area contributed by atoms with Gasteiger partial charge in [0.25, 0.3) is 0 Å². The first kappa shape index (κ1) is 15.4. The molecule has 0 radical (unpaired) electrons. The Kier molecular flexibility index (Phi) is 5.27. The highest BCUT2D eigenvalue weighted by molar-refractivity contribution is 7.09. The van der Waals surface area contributed by atoms with E-state index in [1.165, 1.54) is 10.9 Å². The van der Waals surface area contributed by atoms with Gasteiger partial charge in [-0.1, -0.05) is 12.1 Å². The van der Waals surface area contributed by atoms with Crippen LogP contribution in [-0.4, -0.2) is 18.0 Å². The van der Waals surface area contributed by atoms with Crippen LogP contribution in [0, 0.1) is 19.7 Å². The summed E-state index contributed by atoms with van der Waals surface area (Å²) in [5, 5.41) is 6.46. The van der Waals surface area contributed by atoms with Crippen LogP contribution < -0.4 is 10.6 Å². The first-order valence-electron chi connectivity index (χ1n) is 6.68. The van der Waals surface area contributed by atoms with Crippen molar-refractivity contribution >= 4 is 17.3 Å². The number of aromatic nitrogens is 1. The van der Waals surface area contributed by atoms with Gasteiger partial charge < -0.3 is 10.6 Å². The standard InChI is InChI=1S/C15H19FN4S/c1-10-6-12(4-5-13(10)16)7-18-15(17-3)19-8-14-11(2)20-9-21-14/h4-6,9H,7-8H2,1-3H3,(H2,17,18,19). The SMILES string of the molecule is CN=C(NCc1ccc(F)c(C)c1)NCc1scnc1C. The van der Waals surface area contributed by atoms with Gasteiger partial charge in [0.1, 0.15) is 5.82 Å². The third-order valence-corrected chi connectivity index (χ3v) is 4.10. The first-order valence-corrected chi connectivity index (χ1v) is 7.56. The summed E-state index contributed by atoms with van der Waals surface area (Å²) in [6.07, 6.45) is 0. The van der Waals surface area contributed by atoms with Crippen LogP contribution in [0.25, 0.3) is 0 Å². The quantitative estimate of drug-likeness (QED) is 0.674. The van der Waals surface area contributed by atoms with E-state index in [-0.39, 0.29) is 5.82 Å². The zero-order valence-electron chi connectivity index (χ0n) is 12.4. The Bertz CT molecular complexity index is 636. The van der Waals surface area contributed by atoms with Crippen molar-refractivity contribution in [3.05, 3.63) is 51.2 Å². The van der Waals surface area contributed by atoms with E-state index in [1.807, 2.05) is 18.5 Å². The molecule has 2 N–H and O–H groups in total. The highest BCUT2D eigenvalue weighted by Crippen LogP contribution is 2.11. The summed E-state index contributed by atoms with van der Waals surface area (Å²) < 4.78 is 13.2. The third-order valence-electron chi connectivity index (χ3n) is 3.17. The summed E-state index contributed by atoms with van der Waals surface area (Å²) in [7, 11) is 1.73. The van der Waals surface area contributed by atoms with Crippen LogP contribution in [0.1, 0.15) is 21.7 Å². The van der Waals surface area contributed by atoms with Crippen LogP contribution in [0.3, 0.4) is 0 Å². The molecule has 21 heavy (non-hydrogen) atoms. The molecular weight excluding hydrogens is 287 g/mol. The number of aryl methyl sites for hydroxylation is 2. The Morgan fingerprint density at radius 2 is 2.05 bits per heavy atom. The van der Waals surface area contributed by atoms with Crippen molar-refractivity contribution in [2.45, 2.75) is 26.9 Å². The molecule has 1 aromatic heterocycles. The molecule has 6 heteroatoms. The number of aliphatic imine (C=N–C) groups is 1. The molecule has 2 aromatic rings. The van der Waals surface area contributed by atoms with Gasteiger partial charge in [0.05, 0.1) is 17.7 Å². The Morgan fingerprint density at radius 1 is 1.29 bits per heavy atom. The lowest BCUT2D eigenvalue weighted by Crippen LogP contribution is -2.36. The Hall–Kier alpha value is -1.95. The fourth-order valence-electron chi connectivity index (χ4n) is 1.88. The Balaban J connectivity index is 1.88. The van der Waals surface area contributed by atoms with Crippen molar-refractivity contribution in [2.24, 2.45) is 4.99 Å². The molecule has 0 unspecified atom stereocenters. The minimum absolute atomic E-state index is 0.179. The fourth-order valence-corrected chi connectivity index (χ4v) is 2.60. The highest BCUT2D eigenvalue weighted by atomic mass is 32.1. The van der Waals surface area contributed by atoms with Gasteiger partial charge in [0, 0.05) is 18.5 Å². The van der Waals surface area contributed by atoms with Gasteiger partial charge >= 0.3 is 0 Å². The van der Waals surface area contributed by atoms with E-state index >= 15 is 0 Å². The normalized spacial score (nSPS) is 11.5. The van der Waals surface area contributed by atoms with E-state index in [4.69, 9.17) is 0 Å². The van der Waals surface area contributed by atoms with Gasteiger partial charge in [-0.3, -0.25) is 4.99 Å². The van der Waals surface area contributed by atoms with Crippen molar-refractivity contribution < 1.29 is 4.39 Å². The lowest BCUT2D eigenvalue weighted by molar-refractivity contribution is 0.617. The summed E-state index contributed by atoms with van der Waals surface area (Å²) in [5.74, 6) is 0.534. The van der Waals surface area contributed by atoms with E-state index in [0.29, 0.717) is 24.6 Å². The van der Waals surface area contributed by atoms with E-state index < -0.39 is 0 Å². The maximum absolute atomic E-state index is 13.2. The molecule has 0 aliphatic heterocycles. The summed E-state index contributed by atoms with van der Waals surface area (Å²) in [5.41, 5.74) is 4.55. The van der Waals surface area contributed by atoms with E-state index in [1.54, 1.807) is 31.4 Å². The number of halogens is 1. The molecule has 1 heterocycles. The summed E-state index contributed by atoms with van der Waals surface area (Å²) in [6.45, 7) is 5.05. The second-order valence-electron chi connectivity index (χ2n) is 4.72. The number of guanidine groups is 1. The highest BCUT2D eigenvalue weighted by Gasteiger charge is 2.04. The van der Waals surface area contributed by atoms with E-state index in [0.717, 1.165) is 11.3 Å². The van der Waals surface area contributed by atoms with Crippen LogP contribution in [-0.2, 0) is 13.1 Å².